The zero-order chi connectivity index (χ0) is 17.1. The highest BCUT2D eigenvalue weighted by Crippen LogP contribution is 2.32. The minimum atomic E-state index is -0.764. The van der Waals surface area contributed by atoms with Crippen LogP contribution >= 0.6 is 0 Å². The first-order valence-corrected chi connectivity index (χ1v) is 9.18. The second kappa shape index (κ2) is 11.4. The number of aliphatic hydroxyl groups excluding tert-OH is 1. The van der Waals surface area contributed by atoms with Gasteiger partial charge in [0.1, 0.15) is 0 Å². The SMILES string of the molecule is CCCCCCCC(O)C1C=CC(=O)C1CCCCCC(=O)O. The third-order valence-corrected chi connectivity index (χ3v) is 4.77. The predicted octanol–water partition coefficient (Wildman–Crippen LogP) is 4.11. The molecule has 1 aliphatic rings. The lowest BCUT2D eigenvalue weighted by atomic mass is 9.84. The Bertz CT molecular complexity index is 389. The van der Waals surface area contributed by atoms with Crippen molar-refractivity contribution in [1.82, 2.24) is 0 Å². The van der Waals surface area contributed by atoms with Gasteiger partial charge >= 0.3 is 5.97 Å². The molecule has 0 aromatic carbocycles. The van der Waals surface area contributed by atoms with Gasteiger partial charge in [-0.15, -0.1) is 0 Å². The fourth-order valence-corrected chi connectivity index (χ4v) is 3.35. The number of rotatable bonds is 13. The zero-order valence-corrected chi connectivity index (χ0v) is 14.4. The molecule has 0 spiro atoms. The van der Waals surface area contributed by atoms with E-state index in [4.69, 9.17) is 5.11 Å². The van der Waals surface area contributed by atoms with Crippen LogP contribution in [0.1, 0.15) is 77.6 Å². The molecule has 0 bridgehead atoms. The smallest absolute Gasteiger partial charge is 0.303 e. The molecule has 0 saturated heterocycles. The summed E-state index contributed by atoms with van der Waals surface area (Å²) in [5, 5.41) is 19.0. The van der Waals surface area contributed by atoms with E-state index < -0.39 is 12.1 Å². The molecule has 1 aliphatic carbocycles. The van der Waals surface area contributed by atoms with Gasteiger partial charge in [0.15, 0.2) is 5.78 Å². The number of aliphatic carboxylic acids is 1. The first-order chi connectivity index (χ1) is 11.1. The van der Waals surface area contributed by atoms with E-state index in [9.17, 15) is 14.7 Å². The maximum absolute atomic E-state index is 12.0. The van der Waals surface area contributed by atoms with Crippen molar-refractivity contribution in [3.8, 4) is 0 Å². The summed E-state index contributed by atoms with van der Waals surface area (Å²) in [5.41, 5.74) is 0. The van der Waals surface area contributed by atoms with Crippen molar-refractivity contribution in [3.05, 3.63) is 12.2 Å². The van der Waals surface area contributed by atoms with Crippen LogP contribution in [-0.2, 0) is 9.59 Å². The van der Waals surface area contributed by atoms with Gasteiger partial charge < -0.3 is 10.2 Å². The van der Waals surface area contributed by atoms with Crippen LogP contribution in [0.2, 0.25) is 0 Å². The molecule has 0 amide bonds. The topological polar surface area (TPSA) is 74.6 Å². The molecule has 0 fully saturated rings. The van der Waals surface area contributed by atoms with E-state index in [2.05, 4.69) is 6.92 Å². The summed E-state index contributed by atoms with van der Waals surface area (Å²) < 4.78 is 0. The lowest BCUT2D eigenvalue weighted by Gasteiger charge is -2.23. The van der Waals surface area contributed by atoms with Gasteiger partial charge in [-0.1, -0.05) is 57.9 Å². The van der Waals surface area contributed by atoms with Crippen molar-refractivity contribution in [2.75, 3.05) is 0 Å². The highest BCUT2D eigenvalue weighted by molar-refractivity contribution is 5.94. The summed E-state index contributed by atoms with van der Waals surface area (Å²) in [4.78, 5) is 22.5. The molecule has 1 rings (SSSR count). The molecule has 2 N–H and O–H groups in total. The Morgan fingerprint density at radius 1 is 1.13 bits per heavy atom. The average molecular weight is 324 g/mol. The number of ketones is 1. The van der Waals surface area contributed by atoms with E-state index in [1.165, 1.54) is 19.3 Å². The molecule has 3 unspecified atom stereocenters. The van der Waals surface area contributed by atoms with Crippen molar-refractivity contribution in [1.29, 1.82) is 0 Å². The normalized spacial score (nSPS) is 21.7. The molecule has 0 heterocycles. The van der Waals surface area contributed by atoms with Crippen LogP contribution < -0.4 is 0 Å². The van der Waals surface area contributed by atoms with Crippen LogP contribution in [0, 0.1) is 11.8 Å². The van der Waals surface area contributed by atoms with Gasteiger partial charge in [0, 0.05) is 18.3 Å². The van der Waals surface area contributed by atoms with Crippen LogP contribution in [0.3, 0.4) is 0 Å². The number of allylic oxidation sites excluding steroid dienone is 1. The summed E-state index contributed by atoms with van der Waals surface area (Å²) in [7, 11) is 0. The zero-order valence-electron chi connectivity index (χ0n) is 14.4. The highest BCUT2D eigenvalue weighted by Gasteiger charge is 2.33. The third-order valence-electron chi connectivity index (χ3n) is 4.77. The highest BCUT2D eigenvalue weighted by atomic mass is 16.4. The van der Waals surface area contributed by atoms with Crippen LogP contribution in [0.5, 0.6) is 0 Å². The van der Waals surface area contributed by atoms with Crippen LogP contribution in [0.4, 0.5) is 0 Å². The molecule has 4 nitrogen and oxygen atoms in total. The molecule has 0 aliphatic heterocycles. The van der Waals surface area contributed by atoms with Crippen LogP contribution in [0.15, 0.2) is 12.2 Å². The molecule has 0 radical (unpaired) electrons. The number of hydrogen-bond acceptors (Lipinski definition) is 3. The average Bonchev–Trinajstić information content (AvgIpc) is 2.87. The lowest BCUT2D eigenvalue weighted by Crippen LogP contribution is -2.27. The summed E-state index contributed by atoms with van der Waals surface area (Å²) >= 11 is 0. The Kier molecular flexibility index (Phi) is 9.85. The van der Waals surface area contributed by atoms with Crippen molar-refractivity contribution in [2.45, 2.75) is 83.7 Å². The quantitative estimate of drug-likeness (QED) is 0.500. The second-order valence-corrected chi connectivity index (χ2v) is 6.71. The Labute approximate surface area is 140 Å². The monoisotopic (exact) mass is 324 g/mol. The van der Waals surface area contributed by atoms with E-state index in [0.717, 1.165) is 38.5 Å². The second-order valence-electron chi connectivity index (χ2n) is 6.71. The summed E-state index contributed by atoms with van der Waals surface area (Å²) in [6, 6.07) is 0. The Morgan fingerprint density at radius 2 is 1.83 bits per heavy atom. The number of hydrogen-bond donors (Lipinski definition) is 2. The molecule has 4 heteroatoms. The largest absolute Gasteiger partial charge is 0.481 e. The van der Waals surface area contributed by atoms with Crippen molar-refractivity contribution >= 4 is 11.8 Å². The molecule has 0 saturated carbocycles. The fourth-order valence-electron chi connectivity index (χ4n) is 3.35. The molecule has 0 aromatic rings. The van der Waals surface area contributed by atoms with Gasteiger partial charge in [0.05, 0.1) is 6.10 Å². The van der Waals surface area contributed by atoms with Crippen molar-refractivity contribution < 1.29 is 19.8 Å². The number of carboxylic acids is 1. The molecule has 132 valence electrons. The number of unbranched alkanes of at least 4 members (excludes halogenated alkanes) is 6. The summed E-state index contributed by atoms with van der Waals surface area (Å²) in [6.07, 6.45) is 13.0. The van der Waals surface area contributed by atoms with Gasteiger partial charge in [-0.2, -0.15) is 0 Å². The maximum atomic E-state index is 12.0. The standard InChI is InChI=1S/C19H32O4/c1-2-3-4-5-8-11-17(20)16-13-14-18(21)15(16)10-7-6-9-12-19(22)23/h13-17,20H,2-12H2,1H3,(H,22,23). The van der Waals surface area contributed by atoms with Gasteiger partial charge in [0.2, 0.25) is 0 Å². The maximum Gasteiger partial charge on any atom is 0.303 e. The van der Waals surface area contributed by atoms with E-state index in [-0.39, 0.29) is 24.0 Å². The van der Waals surface area contributed by atoms with E-state index >= 15 is 0 Å². The van der Waals surface area contributed by atoms with E-state index in [0.29, 0.717) is 6.42 Å². The van der Waals surface area contributed by atoms with Crippen molar-refractivity contribution in [3.63, 3.8) is 0 Å². The number of carbonyl (C=O) groups excluding carboxylic acids is 1. The van der Waals surface area contributed by atoms with Crippen LogP contribution in [0.25, 0.3) is 0 Å². The Balaban J connectivity index is 2.27. The van der Waals surface area contributed by atoms with E-state index in [1.807, 2.05) is 6.08 Å². The summed E-state index contributed by atoms with van der Waals surface area (Å²) in [6.45, 7) is 2.19. The van der Waals surface area contributed by atoms with Gasteiger partial charge in [-0.3, -0.25) is 9.59 Å². The fraction of sp³-hybridized carbons (Fsp3) is 0.789. The Morgan fingerprint density at radius 3 is 2.52 bits per heavy atom. The van der Waals surface area contributed by atoms with Gasteiger partial charge in [0.25, 0.3) is 0 Å². The predicted molar refractivity (Wildman–Crippen MR) is 91.2 cm³/mol. The molecular formula is C19H32O4. The van der Waals surface area contributed by atoms with Crippen LogP contribution in [-0.4, -0.2) is 28.1 Å². The molecule has 23 heavy (non-hydrogen) atoms. The number of carboxylic acid groups (broad SMARTS) is 1. The lowest BCUT2D eigenvalue weighted by molar-refractivity contribution is -0.137. The third kappa shape index (κ3) is 7.78. The first-order valence-electron chi connectivity index (χ1n) is 9.18. The summed E-state index contributed by atoms with van der Waals surface area (Å²) in [5.74, 6) is -0.795. The Hall–Kier alpha value is -1.16. The van der Waals surface area contributed by atoms with Gasteiger partial charge in [-0.25, -0.2) is 0 Å². The minimum absolute atomic E-state index is 0.0480. The van der Waals surface area contributed by atoms with Gasteiger partial charge in [-0.05, 0) is 25.3 Å². The molecule has 3 atom stereocenters. The number of carbonyl (C=O) groups is 2. The minimum Gasteiger partial charge on any atom is -0.481 e. The number of aliphatic hydroxyl groups is 1. The first kappa shape index (κ1) is 19.9. The molecular weight excluding hydrogens is 292 g/mol. The molecule has 0 aromatic heterocycles. The van der Waals surface area contributed by atoms with Crippen molar-refractivity contribution in [2.24, 2.45) is 11.8 Å². The van der Waals surface area contributed by atoms with E-state index in [1.54, 1.807) is 6.08 Å².